The van der Waals surface area contributed by atoms with Crippen LogP contribution in [0.2, 0.25) is 0 Å². The monoisotopic (exact) mass is 385 g/mol. The molecule has 0 spiro atoms. The molecule has 3 rings (SSSR count). The average molecular weight is 386 g/mol. The highest BCUT2D eigenvalue weighted by Crippen LogP contribution is 2.28. The van der Waals surface area contributed by atoms with E-state index in [1.807, 2.05) is 61.5 Å². The van der Waals surface area contributed by atoms with E-state index in [-0.39, 0.29) is 19.0 Å². The lowest BCUT2D eigenvalue weighted by atomic mass is 10.0. The summed E-state index contributed by atoms with van der Waals surface area (Å²) in [6.45, 7) is 2.09. The van der Waals surface area contributed by atoms with Crippen LogP contribution >= 0.6 is 15.9 Å². The van der Waals surface area contributed by atoms with Crippen LogP contribution in [-0.4, -0.2) is 11.1 Å². The molecule has 2 aromatic carbocycles. The van der Waals surface area contributed by atoms with Gasteiger partial charge in [-0.15, -0.1) is 0 Å². The Hall–Kier alpha value is -2.40. The van der Waals surface area contributed by atoms with Gasteiger partial charge in [0.15, 0.2) is 5.76 Å². The van der Waals surface area contributed by atoms with Crippen LogP contribution in [-0.2, 0) is 22.6 Å². The van der Waals surface area contributed by atoms with Gasteiger partial charge in [-0.2, -0.15) is 0 Å². The molecule has 0 atom stereocenters. The summed E-state index contributed by atoms with van der Waals surface area (Å²) in [6.07, 6.45) is 0.133. The Balaban J connectivity index is 1.72. The lowest BCUT2D eigenvalue weighted by Crippen LogP contribution is -2.09. The van der Waals surface area contributed by atoms with Crippen molar-refractivity contribution in [2.75, 3.05) is 0 Å². The van der Waals surface area contributed by atoms with Crippen molar-refractivity contribution >= 4 is 21.9 Å². The minimum atomic E-state index is -0.302. The van der Waals surface area contributed by atoms with E-state index >= 15 is 0 Å². The SMILES string of the molecule is Cc1noc(-c2ccc(Br)cc2)c1CC(=O)OCc1ccccc1. The van der Waals surface area contributed by atoms with E-state index in [0.29, 0.717) is 11.5 Å². The van der Waals surface area contributed by atoms with Crippen LogP contribution in [0.1, 0.15) is 16.8 Å². The van der Waals surface area contributed by atoms with Crippen LogP contribution in [0.3, 0.4) is 0 Å². The number of hydrogen-bond acceptors (Lipinski definition) is 4. The number of rotatable bonds is 5. The maximum absolute atomic E-state index is 12.2. The topological polar surface area (TPSA) is 52.3 Å². The summed E-state index contributed by atoms with van der Waals surface area (Å²) in [6, 6.07) is 17.3. The maximum atomic E-state index is 12.2. The number of carbonyl (C=O) groups is 1. The zero-order chi connectivity index (χ0) is 16.9. The van der Waals surface area contributed by atoms with Crippen molar-refractivity contribution in [3.05, 3.63) is 75.9 Å². The normalized spacial score (nSPS) is 10.6. The highest BCUT2D eigenvalue weighted by atomic mass is 79.9. The van der Waals surface area contributed by atoms with Crippen molar-refractivity contribution < 1.29 is 14.1 Å². The van der Waals surface area contributed by atoms with Gasteiger partial charge in [-0.3, -0.25) is 4.79 Å². The molecule has 0 aliphatic rings. The number of benzene rings is 2. The molecule has 0 fully saturated rings. The molecule has 1 heterocycles. The number of ether oxygens (including phenoxy) is 1. The average Bonchev–Trinajstić information content (AvgIpc) is 2.95. The molecule has 1 aromatic heterocycles. The predicted octanol–water partition coefficient (Wildman–Crippen LogP) is 4.70. The lowest BCUT2D eigenvalue weighted by molar-refractivity contribution is -0.144. The van der Waals surface area contributed by atoms with E-state index in [0.717, 1.165) is 21.2 Å². The highest BCUT2D eigenvalue weighted by molar-refractivity contribution is 9.10. The van der Waals surface area contributed by atoms with Crippen LogP contribution in [0.4, 0.5) is 0 Å². The van der Waals surface area contributed by atoms with Gasteiger partial charge in [-0.1, -0.05) is 63.6 Å². The molecule has 0 N–H and O–H groups in total. The number of carbonyl (C=O) groups excluding carboxylic acids is 1. The molecule has 0 aliphatic heterocycles. The van der Waals surface area contributed by atoms with E-state index in [2.05, 4.69) is 21.1 Å². The van der Waals surface area contributed by atoms with Gasteiger partial charge in [0.25, 0.3) is 0 Å². The first kappa shape index (κ1) is 16.5. The fraction of sp³-hybridized carbons (Fsp3) is 0.158. The first-order valence-electron chi connectivity index (χ1n) is 7.54. The van der Waals surface area contributed by atoms with Gasteiger partial charge in [0.05, 0.1) is 12.1 Å². The molecule has 4 nitrogen and oxygen atoms in total. The van der Waals surface area contributed by atoms with Crippen molar-refractivity contribution in [2.24, 2.45) is 0 Å². The van der Waals surface area contributed by atoms with Crippen molar-refractivity contribution in [2.45, 2.75) is 20.0 Å². The van der Waals surface area contributed by atoms with E-state index in [1.165, 1.54) is 0 Å². The fourth-order valence-corrected chi connectivity index (χ4v) is 2.62. The molecule has 0 bridgehead atoms. The molecular weight excluding hydrogens is 370 g/mol. The summed E-state index contributed by atoms with van der Waals surface area (Å²) in [5.41, 5.74) is 3.30. The minimum Gasteiger partial charge on any atom is -0.461 e. The Morgan fingerprint density at radius 2 is 1.83 bits per heavy atom. The highest BCUT2D eigenvalue weighted by Gasteiger charge is 2.18. The van der Waals surface area contributed by atoms with Crippen molar-refractivity contribution in [1.82, 2.24) is 5.16 Å². The number of aromatic nitrogens is 1. The first-order valence-corrected chi connectivity index (χ1v) is 8.33. The minimum absolute atomic E-state index is 0.133. The lowest BCUT2D eigenvalue weighted by Gasteiger charge is -2.06. The molecule has 0 unspecified atom stereocenters. The van der Waals surface area contributed by atoms with Gasteiger partial charge in [-0.25, -0.2) is 0 Å². The molecule has 0 saturated heterocycles. The largest absolute Gasteiger partial charge is 0.461 e. The van der Waals surface area contributed by atoms with E-state index in [9.17, 15) is 4.79 Å². The molecule has 122 valence electrons. The fourth-order valence-electron chi connectivity index (χ4n) is 2.36. The zero-order valence-corrected chi connectivity index (χ0v) is 14.7. The second-order valence-electron chi connectivity index (χ2n) is 5.41. The molecule has 0 aliphatic carbocycles. The summed E-state index contributed by atoms with van der Waals surface area (Å²) in [5, 5.41) is 3.99. The maximum Gasteiger partial charge on any atom is 0.310 e. The Bertz CT molecular complexity index is 826. The Morgan fingerprint density at radius 1 is 1.12 bits per heavy atom. The second kappa shape index (κ2) is 7.45. The standard InChI is InChI=1S/C19H16BrNO3/c1-13-17(11-18(22)23-12-14-5-3-2-4-6-14)19(24-21-13)15-7-9-16(20)10-8-15/h2-10H,11-12H2,1H3. The summed E-state index contributed by atoms with van der Waals surface area (Å²) >= 11 is 3.40. The number of hydrogen-bond donors (Lipinski definition) is 0. The third kappa shape index (κ3) is 3.92. The number of nitrogens with zero attached hydrogens (tertiary/aromatic N) is 1. The van der Waals surface area contributed by atoms with Crippen LogP contribution in [0.15, 0.2) is 63.6 Å². The quantitative estimate of drug-likeness (QED) is 0.597. The third-order valence-corrected chi connectivity index (χ3v) is 4.18. The Morgan fingerprint density at radius 3 is 2.54 bits per heavy atom. The molecular formula is C19H16BrNO3. The molecule has 0 radical (unpaired) electrons. The number of halogens is 1. The van der Waals surface area contributed by atoms with Crippen molar-refractivity contribution in [3.8, 4) is 11.3 Å². The van der Waals surface area contributed by atoms with Crippen LogP contribution in [0, 0.1) is 6.92 Å². The molecule has 5 heteroatoms. The van der Waals surface area contributed by atoms with Gasteiger partial charge in [-0.05, 0) is 24.6 Å². The molecule has 3 aromatic rings. The summed E-state index contributed by atoms with van der Waals surface area (Å²) < 4.78 is 11.7. The van der Waals surface area contributed by atoms with Gasteiger partial charge in [0.1, 0.15) is 6.61 Å². The summed E-state index contributed by atoms with van der Waals surface area (Å²) in [5.74, 6) is 0.306. The van der Waals surface area contributed by atoms with Gasteiger partial charge in [0, 0.05) is 15.6 Å². The van der Waals surface area contributed by atoms with Crippen LogP contribution < -0.4 is 0 Å². The number of aryl methyl sites for hydroxylation is 1. The number of esters is 1. The van der Waals surface area contributed by atoms with E-state index < -0.39 is 0 Å². The summed E-state index contributed by atoms with van der Waals surface area (Å²) in [7, 11) is 0. The molecule has 24 heavy (non-hydrogen) atoms. The smallest absolute Gasteiger partial charge is 0.310 e. The van der Waals surface area contributed by atoms with Gasteiger partial charge >= 0.3 is 5.97 Å². The second-order valence-corrected chi connectivity index (χ2v) is 6.32. The first-order chi connectivity index (χ1) is 11.6. The van der Waals surface area contributed by atoms with E-state index in [4.69, 9.17) is 9.26 Å². The molecule has 0 saturated carbocycles. The van der Waals surface area contributed by atoms with Gasteiger partial charge in [0.2, 0.25) is 0 Å². The van der Waals surface area contributed by atoms with E-state index in [1.54, 1.807) is 0 Å². The van der Waals surface area contributed by atoms with Crippen LogP contribution in [0.5, 0.6) is 0 Å². The van der Waals surface area contributed by atoms with Gasteiger partial charge < -0.3 is 9.26 Å². The van der Waals surface area contributed by atoms with Crippen molar-refractivity contribution in [1.29, 1.82) is 0 Å². The van der Waals surface area contributed by atoms with Crippen LogP contribution in [0.25, 0.3) is 11.3 Å². The Labute approximate surface area is 148 Å². The third-order valence-electron chi connectivity index (χ3n) is 3.65. The predicted molar refractivity (Wildman–Crippen MR) is 94.3 cm³/mol. The Kier molecular flexibility index (Phi) is 5.11. The zero-order valence-electron chi connectivity index (χ0n) is 13.2. The summed E-state index contributed by atoms with van der Waals surface area (Å²) in [4.78, 5) is 12.2. The van der Waals surface area contributed by atoms with Crippen molar-refractivity contribution in [3.63, 3.8) is 0 Å². The molecule has 0 amide bonds.